The molecule has 2 aromatic rings. The molecule has 0 atom stereocenters. The van der Waals surface area contributed by atoms with E-state index in [0.29, 0.717) is 25.5 Å². The lowest BCUT2D eigenvalue weighted by molar-refractivity contribution is -0.115. The minimum atomic E-state index is -1.68. The number of aryl methyl sites for hydroxylation is 1. The molecular weight excluding hydrogens is 352 g/mol. The minimum absolute atomic E-state index is 0.0420. The van der Waals surface area contributed by atoms with Crippen LogP contribution in [0.5, 0.6) is 0 Å². The number of hydrogen-bond acceptors (Lipinski definition) is 4. The first-order valence-electron chi connectivity index (χ1n) is 8.06. The second kappa shape index (κ2) is 8.59. The maximum Gasteiger partial charge on any atom is 0.244 e. The van der Waals surface area contributed by atoms with Gasteiger partial charge in [0, 0.05) is 6.54 Å². The van der Waals surface area contributed by atoms with E-state index in [2.05, 4.69) is 15.3 Å². The summed E-state index contributed by atoms with van der Waals surface area (Å²) in [4.78, 5) is 21.3. The Balaban J connectivity index is 2.20. The van der Waals surface area contributed by atoms with Crippen molar-refractivity contribution in [3.05, 3.63) is 47.4 Å². The summed E-state index contributed by atoms with van der Waals surface area (Å²) in [6.45, 7) is 3.53. The zero-order valence-electron chi connectivity index (χ0n) is 14.3. The monoisotopic (exact) mass is 370 g/mol. The molecule has 5 nitrogen and oxygen atoms in total. The molecule has 9 heteroatoms. The number of benzene rings is 1. The van der Waals surface area contributed by atoms with Crippen molar-refractivity contribution < 1.29 is 22.4 Å². The van der Waals surface area contributed by atoms with E-state index in [-0.39, 0.29) is 18.1 Å². The highest BCUT2D eigenvalue weighted by atomic mass is 19.2. The number of hydrogen-bond donors (Lipinski definition) is 1. The average Bonchev–Trinajstić information content (AvgIpc) is 2.62. The van der Waals surface area contributed by atoms with Gasteiger partial charge in [-0.25, -0.2) is 27.5 Å². The smallest absolute Gasteiger partial charge is 0.244 e. The fourth-order valence-electron chi connectivity index (χ4n) is 2.38. The number of nitrogens with one attached hydrogen (secondary N) is 1. The molecule has 0 bridgehead atoms. The molecule has 0 fully saturated rings. The summed E-state index contributed by atoms with van der Waals surface area (Å²) < 4.78 is 54.3. The van der Waals surface area contributed by atoms with Crippen LogP contribution in [-0.2, 0) is 11.2 Å². The number of carbonyl (C=O) groups is 1. The molecule has 0 saturated carbocycles. The summed E-state index contributed by atoms with van der Waals surface area (Å²) in [6.07, 6.45) is 2.15. The lowest BCUT2D eigenvalue weighted by atomic mass is 10.2. The van der Waals surface area contributed by atoms with Crippen LogP contribution in [0, 0.1) is 23.3 Å². The summed E-state index contributed by atoms with van der Waals surface area (Å²) in [5.74, 6) is -5.93. The molecule has 0 unspecified atom stereocenters. The maximum atomic E-state index is 14.4. The number of amides is 1. The highest BCUT2D eigenvalue weighted by molar-refractivity contribution is 5.94. The predicted molar refractivity (Wildman–Crippen MR) is 88.8 cm³/mol. The van der Waals surface area contributed by atoms with Crippen molar-refractivity contribution in [3.8, 4) is 0 Å². The molecule has 2 rings (SSSR count). The quantitative estimate of drug-likeness (QED) is 0.599. The minimum Gasteiger partial charge on any atom is -0.345 e. The molecule has 26 heavy (non-hydrogen) atoms. The lowest BCUT2D eigenvalue weighted by Crippen LogP contribution is -2.35. The van der Waals surface area contributed by atoms with Gasteiger partial charge in [0.05, 0.1) is 17.9 Å². The molecule has 140 valence electrons. The lowest BCUT2D eigenvalue weighted by Gasteiger charge is -2.23. The molecule has 0 spiro atoms. The van der Waals surface area contributed by atoms with Crippen LogP contribution in [0.15, 0.2) is 18.5 Å². The Morgan fingerprint density at radius 2 is 1.81 bits per heavy atom. The molecule has 1 N–H and O–H groups in total. The van der Waals surface area contributed by atoms with Crippen LogP contribution in [0.4, 0.5) is 29.1 Å². The number of aromatic nitrogens is 2. The third-order valence-electron chi connectivity index (χ3n) is 3.61. The number of nitrogens with zero attached hydrogens (tertiary/aromatic N) is 3. The third kappa shape index (κ3) is 4.27. The third-order valence-corrected chi connectivity index (χ3v) is 3.61. The first-order chi connectivity index (χ1) is 12.4. The number of rotatable bonds is 7. The van der Waals surface area contributed by atoms with Gasteiger partial charge in [-0.1, -0.05) is 13.8 Å². The summed E-state index contributed by atoms with van der Waals surface area (Å²) >= 11 is 0. The molecule has 0 radical (unpaired) electrons. The number of carbonyl (C=O) groups excluding carboxylic acids is 1. The standard InChI is InChI=1S/C17H18F4N4O/c1-3-7-25(17-16(21)11(4-2)22-9-23-17)8-13(26)24-12-6-5-10(18)14(19)15(12)20/h5-6,9H,3-4,7-8H2,1-2H3,(H,24,26). The van der Waals surface area contributed by atoms with Crippen LogP contribution < -0.4 is 10.2 Å². The fourth-order valence-corrected chi connectivity index (χ4v) is 2.38. The zero-order chi connectivity index (χ0) is 19.3. The number of anilines is 2. The molecule has 0 aliphatic rings. The maximum absolute atomic E-state index is 14.4. The van der Waals surface area contributed by atoms with Crippen molar-refractivity contribution in [1.29, 1.82) is 0 Å². The van der Waals surface area contributed by atoms with Gasteiger partial charge in [-0.2, -0.15) is 0 Å². The van der Waals surface area contributed by atoms with E-state index >= 15 is 0 Å². The normalized spacial score (nSPS) is 10.7. The van der Waals surface area contributed by atoms with Crippen molar-refractivity contribution in [2.75, 3.05) is 23.3 Å². The highest BCUT2D eigenvalue weighted by Gasteiger charge is 2.20. The Bertz CT molecular complexity index is 801. The topological polar surface area (TPSA) is 58.1 Å². The Morgan fingerprint density at radius 1 is 1.08 bits per heavy atom. The molecule has 1 amide bonds. The van der Waals surface area contributed by atoms with Gasteiger partial charge in [-0.3, -0.25) is 4.79 Å². The van der Waals surface area contributed by atoms with E-state index in [4.69, 9.17) is 0 Å². The van der Waals surface area contributed by atoms with Gasteiger partial charge in [0.25, 0.3) is 0 Å². The summed E-state index contributed by atoms with van der Waals surface area (Å²) in [5, 5.41) is 2.16. The molecule has 0 saturated heterocycles. The van der Waals surface area contributed by atoms with Gasteiger partial charge in [-0.15, -0.1) is 0 Å². The van der Waals surface area contributed by atoms with Crippen LogP contribution >= 0.6 is 0 Å². The van der Waals surface area contributed by atoms with Crippen LogP contribution in [-0.4, -0.2) is 29.0 Å². The first kappa shape index (κ1) is 19.6. The van der Waals surface area contributed by atoms with E-state index < -0.39 is 34.9 Å². The van der Waals surface area contributed by atoms with Gasteiger partial charge in [0.15, 0.2) is 29.1 Å². The molecular formula is C17H18F4N4O. The molecule has 0 aliphatic carbocycles. The van der Waals surface area contributed by atoms with Gasteiger partial charge in [0.2, 0.25) is 5.91 Å². The van der Waals surface area contributed by atoms with Gasteiger partial charge >= 0.3 is 0 Å². The van der Waals surface area contributed by atoms with E-state index in [1.807, 2.05) is 6.92 Å². The SMILES string of the molecule is CCCN(CC(=O)Nc1ccc(F)c(F)c1F)c1ncnc(CC)c1F. The molecule has 1 heterocycles. The first-order valence-corrected chi connectivity index (χ1v) is 8.06. The highest BCUT2D eigenvalue weighted by Crippen LogP contribution is 2.21. The van der Waals surface area contributed by atoms with E-state index in [1.54, 1.807) is 6.92 Å². The predicted octanol–water partition coefficient (Wildman–Crippen LogP) is 3.45. The van der Waals surface area contributed by atoms with Crippen LogP contribution in [0.2, 0.25) is 0 Å². The van der Waals surface area contributed by atoms with Crippen molar-refractivity contribution in [3.63, 3.8) is 0 Å². The average molecular weight is 370 g/mol. The Kier molecular flexibility index (Phi) is 6.48. The Morgan fingerprint density at radius 3 is 2.46 bits per heavy atom. The largest absolute Gasteiger partial charge is 0.345 e. The summed E-state index contributed by atoms with van der Waals surface area (Å²) in [7, 11) is 0. The number of halogens is 4. The van der Waals surface area contributed by atoms with Crippen molar-refractivity contribution in [2.45, 2.75) is 26.7 Å². The van der Waals surface area contributed by atoms with Gasteiger partial charge < -0.3 is 10.2 Å². The van der Waals surface area contributed by atoms with E-state index in [0.717, 1.165) is 6.07 Å². The van der Waals surface area contributed by atoms with Gasteiger partial charge in [-0.05, 0) is 25.0 Å². The Hall–Kier alpha value is -2.71. The van der Waals surface area contributed by atoms with E-state index in [1.165, 1.54) is 11.2 Å². The summed E-state index contributed by atoms with van der Waals surface area (Å²) in [6, 6.07) is 1.62. The van der Waals surface area contributed by atoms with Gasteiger partial charge in [0.1, 0.15) is 6.33 Å². The fraction of sp³-hybridized carbons (Fsp3) is 0.353. The Labute approximate surface area is 148 Å². The van der Waals surface area contributed by atoms with Crippen LogP contribution in [0.3, 0.4) is 0 Å². The van der Waals surface area contributed by atoms with Crippen LogP contribution in [0.1, 0.15) is 26.0 Å². The second-order valence-corrected chi connectivity index (χ2v) is 5.50. The molecule has 1 aromatic carbocycles. The molecule has 1 aromatic heterocycles. The van der Waals surface area contributed by atoms with E-state index in [9.17, 15) is 22.4 Å². The molecule has 0 aliphatic heterocycles. The van der Waals surface area contributed by atoms with Crippen molar-refractivity contribution in [1.82, 2.24) is 9.97 Å². The van der Waals surface area contributed by atoms with Crippen molar-refractivity contribution in [2.24, 2.45) is 0 Å². The van der Waals surface area contributed by atoms with Crippen LogP contribution in [0.25, 0.3) is 0 Å². The van der Waals surface area contributed by atoms with Crippen molar-refractivity contribution >= 4 is 17.4 Å². The zero-order valence-corrected chi connectivity index (χ0v) is 14.3. The summed E-state index contributed by atoms with van der Waals surface area (Å²) in [5.41, 5.74) is -0.286. The second-order valence-electron chi connectivity index (χ2n) is 5.50.